The number of aromatic nitrogens is 1. The molecule has 2 rings (SSSR count). The Morgan fingerprint density at radius 2 is 2.06 bits per heavy atom. The van der Waals surface area contributed by atoms with Crippen molar-refractivity contribution < 1.29 is 13.9 Å². The number of benzene rings is 1. The van der Waals surface area contributed by atoms with Gasteiger partial charge >= 0.3 is 0 Å². The van der Waals surface area contributed by atoms with E-state index in [0.29, 0.717) is 24.5 Å². The van der Waals surface area contributed by atoms with Gasteiger partial charge < -0.3 is 9.15 Å². The van der Waals surface area contributed by atoms with E-state index in [0.717, 1.165) is 11.3 Å². The van der Waals surface area contributed by atoms with Crippen molar-refractivity contribution in [2.24, 2.45) is 0 Å². The van der Waals surface area contributed by atoms with Gasteiger partial charge in [0.05, 0.1) is 19.7 Å². The lowest BCUT2D eigenvalue weighted by Gasteiger charge is -2.01. The largest absolute Gasteiger partial charge is 0.497 e. The third kappa shape index (κ3) is 3.20. The van der Waals surface area contributed by atoms with Crippen LogP contribution < -0.4 is 4.74 Å². The fourth-order valence-corrected chi connectivity index (χ4v) is 1.67. The lowest BCUT2D eigenvalue weighted by Crippen LogP contribution is -1.93. The van der Waals surface area contributed by atoms with Crippen LogP contribution in [0.25, 0.3) is 0 Å². The average Bonchev–Trinajstić information content (AvgIpc) is 2.76. The van der Waals surface area contributed by atoms with Crippen LogP contribution in [0.3, 0.4) is 0 Å². The Bertz CT molecular complexity index is 528. The third-order valence-electron chi connectivity index (χ3n) is 2.54. The van der Waals surface area contributed by atoms with Gasteiger partial charge in [-0.25, -0.2) is 4.98 Å². The summed E-state index contributed by atoms with van der Waals surface area (Å²) in [6.45, 7) is 1.53. The summed E-state index contributed by atoms with van der Waals surface area (Å²) in [5, 5.41) is 0. The molecule has 18 heavy (non-hydrogen) atoms. The van der Waals surface area contributed by atoms with Crippen LogP contribution in [0, 0.1) is 0 Å². The fourth-order valence-electron chi connectivity index (χ4n) is 1.67. The van der Waals surface area contributed by atoms with Gasteiger partial charge in [0.2, 0.25) is 0 Å². The molecule has 4 heteroatoms. The number of nitrogens with zero attached hydrogens (tertiary/aromatic N) is 1. The minimum Gasteiger partial charge on any atom is -0.497 e. The molecule has 0 bridgehead atoms. The molecule has 0 aliphatic heterocycles. The Hall–Kier alpha value is -2.10. The van der Waals surface area contributed by atoms with Gasteiger partial charge in [0, 0.05) is 6.42 Å². The highest BCUT2D eigenvalue weighted by molar-refractivity contribution is 5.77. The lowest BCUT2D eigenvalue weighted by atomic mass is 10.1. The van der Waals surface area contributed by atoms with Gasteiger partial charge in [-0.15, -0.1) is 0 Å². The number of Topliss-reactive ketones (excluding diaryl/α,β-unsaturated/α-hetero) is 1. The molecule has 4 nitrogen and oxygen atoms in total. The van der Waals surface area contributed by atoms with Crippen LogP contribution in [0.2, 0.25) is 0 Å². The summed E-state index contributed by atoms with van der Waals surface area (Å²) in [4.78, 5) is 15.1. The first-order chi connectivity index (χ1) is 8.67. The van der Waals surface area contributed by atoms with Crippen LogP contribution in [0.5, 0.6) is 5.75 Å². The van der Waals surface area contributed by atoms with Crippen molar-refractivity contribution in [3.05, 3.63) is 47.7 Å². The Balaban J connectivity index is 2.03. The summed E-state index contributed by atoms with van der Waals surface area (Å²) < 4.78 is 10.6. The molecule has 1 aromatic carbocycles. The van der Waals surface area contributed by atoms with E-state index in [9.17, 15) is 4.79 Å². The molecule has 0 aliphatic rings. The minimum absolute atomic E-state index is 0.0714. The summed E-state index contributed by atoms with van der Waals surface area (Å²) in [5.41, 5.74) is 1.09. The number of carbonyl (C=O) groups is 1. The second-order valence-electron chi connectivity index (χ2n) is 4.12. The minimum atomic E-state index is 0.0714. The smallest absolute Gasteiger partial charge is 0.198 e. The summed E-state index contributed by atoms with van der Waals surface area (Å²) in [7, 11) is 1.64. The molecule has 0 atom stereocenters. The highest BCUT2D eigenvalue weighted by Gasteiger charge is 2.07. The molecule has 1 heterocycles. The van der Waals surface area contributed by atoms with Gasteiger partial charge in [-0.2, -0.15) is 0 Å². The topological polar surface area (TPSA) is 52.3 Å². The van der Waals surface area contributed by atoms with Crippen molar-refractivity contribution in [2.75, 3.05) is 7.11 Å². The monoisotopic (exact) mass is 245 g/mol. The van der Waals surface area contributed by atoms with Gasteiger partial charge in [-0.1, -0.05) is 12.1 Å². The first-order valence-corrected chi connectivity index (χ1v) is 5.73. The van der Waals surface area contributed by atoms with Gasteiger partial charge in [0.15, 0.2) is 5.89 Å². The van der Waals surface area contributed by atoms with Crippen molar-refractivity contribution >= 4 is 5.78 Å². The quantitative estimate of drug-likeness (QED) is 0.811. The number of rotatable bonds is 5. The highest BCUT2D eigenvalue weighted by atomic mass is 16.5. The molecular weight excluding hydrogens is 230 g/mol. The first kappa shape index (κ1) is 12.4. The number of hydrogen-bond donors (Lipinski definition) is 0. The summed E-state index contributed by atoms with van der Waals surface area (Å²) >= 11 is 0. The SMILES string of the molecule is COc1ccc(Cc2ncc(CC(C)=O)o2)cc1. The van der Waals surface area contributed by atoms with Crippen molar-refractivity contribution in [1.29, 1.82) is 0 Å². The zero-order chi connectivity index (χ0) is 13.0. The fraction of sp³-hybridized carbons (Fsp3) is 0.286. The van der Waals surface area contributed by atoms with Crippen LogP contribution in [-0.2, 0) is 17.6 Å². The van der Waals surface area contributed by atoms with Crippen molar-refractivity contribution in [3.63, 3.8) is 0 Å². The number of methoxy groups -OCH3 is 1. The zero-order valence-corrected chi connectivity index (χ0v) is 10.5. The molecule has 0 saturated heterocycles. The average molecular weight is 245 g/mol. The lowest BCUT2D eigenvalue weighted by molar-refractivity contribution is -0.116. The van der Waals surface area contributed by atoms with Gasteiger partial charge in [0.1, 0.15) is 17.3 Å². The van der Waals surface area contributed by atoms with Crippen molar-refractivity contribution in [2.45, 2.75) is 19.8 Å². The number of ketones is 1. The Kier molecular flexibility index (Phi) is 3.77. The Morgan fingerprint density at radius 1 is 1.33 bits per heavy atom. The van der Waals surface area contributed by atoms with Crippen LogP contribution in [0.4, 0.5) is 0 Å². The molecule has 2 aromatic rings. The molecule has 0 radical (unpaired) electrons. The van der Waals surface area contributed by atoms with Gasteiger partial charge in [-0.3, -0.25) is 4.79 Å². The maximum absolute atomic E-state index is 10.9. The molecular formula is C14H15NO3. The maximum atomic E-state index is 10.9. The predicted octanol–water partition coefficient (Wildman–Crippen LogP) is 2.41. The van der Waals surface area contributed by atoms with E-state index >= 15 is 0 Å². The molecule has 0 amide bonds. The van der Waals surface area contributed by atoms with Crippen molar-refractivity contribution in [3.8, 4) is 5.75 Å². The summed E-state index contributed by atoms with van der Waals surface area (Å²) in [5.74, 6) is 2.13. The standard InChI is InChI=1S/C14H15NO3/c1-10(16)7-13-9-15-14(18-13)8-11-3-5-12(17-2)6-4-11/h3-6,9H,7-8H2,1-2H3. The van der Waals surface area contributed by atoms with Gasteiger partial charge in [-0.05, 0) is 24.6 Å². The number of carbonyl (C=O) groups excluding carboxylic acids is 1. The first-order valence-electron chi connectivity index (χ1n) is 5.73. The molecule has 0 aliphatic carbocycles. The molecule has 0 N–H and O–H groups in total. The second kappa shape index (κ2) is 5.49. The molecule has 1 aromatic heterocycles. The second-order valence-corrected chi connectivity index (χ2v) is 4.12. The van der Waals surface area contributed by atoms with E-state index in [1.54, 1.807) is 13.3 Å². The highest BCUT2D eigenvalue weighted by Crippen LogP contribution is 2.15. The molecule has 0 spiro atoms. The van der Waals surface area contributed by atoms with E-state index < -0.39 is 0 Å². The predicted molar refractivity (Wildman–Crippen MR) is 66.7 cm³/mol. The van der Waals surface area contributed by atoms with E-state index in [1.807, 2.05) is 24.3 Å². The molecule has 0 unspecified atom stereocenters. The normalized spacial score (nSPS) is 10.3. The van der Waals surface area contributed by atoms with E-state index in [1.165, 1.54) is 6.92 Å². The van der Waals surface area contributed by atoms with Crippen molar-refractivity contribution in [1.82, 2.24) is 4.98 Å². The van der Waals surface area contributed by atoms with E-state index in [2.05, 4.69) is 4.98 Å². The van der Waals surface area contributed by atoms with E-state index in [4.69, 9.17) is 9.15 Å². The molecule has 0 saturated carbocycles. The number of hydrogen-bond acceptors (Lipinski definition) is 4. The Morgan fingerprint density at radius 3 is 2.67 bits per heavy atom. The zero-order valence-electron chi connectivity index (χ0n) is 10.5. The maximum Gasteiger partial charge on any atom is 0.198 e. The van der Waals surface area contributed by atoms with Gasteiger partial charge in [0.25, 0.3) is 0 Å². The van der Waals surface area contributed by atoms with E-state index in [-0.39, 0.29) is 5.78 Å². The van der Waals surface area contributed by atoms with Crippen LogP contribution in [0.1, 0.15) is 24.1 Å². The van der Waals surface area contributed by atoms with Crippen LogP contribution in [-0.4, -0.2) is 17.9 Å². The van der Waals surface area contributed by atoms with Crippen LogP contribution in [0.15, 0.2) is 34.9 Å². The molecule has 0 fully saturated rings. The summed E-state index contributed by atoms with van der Waals surface area (Å²) in [6, 6.07) is 7.73. The molecule has 94 valence electrons. The number of ether oxygens (including phenoxy) is 1. The van der Waals surface area contributed by atoms with Crippen LogP contribution >= 0.6 is 0 Å². The number of oxazole rings is 1. The summed E-state index contributed by atoms with van der Waals surface area (Å²) in [6.07, 6.45) is 2.53. The third-order valence-corrected chi connectivity index (χ3v) is 2.54. The Labute approximate surface area is 106 Å².